The summed E-state index contributed by atoms with van der Waals surface area (Å²) in [6.07, 6.45) is 3.54. The van der Waals surface area contributed by atoms with E-state index in [1.807, 2.05) is 79.0 Å². The second-order valence-corrected chi connectivity index (χ2v) is 6.68. The Morgan fingerprint density at radius 2 is 1.55 bits per heavy atom. The third-order valence-electron chi connectivity index (χ3n) is 4.79. The van der Waals surface area contributed by atoms with Gasteiger partial charge in [0.1, 0.15) is 5.75 Å². The lowest BCUT2D eigenvalue weighted by molar-refractivity contribution is -0.686. The van der Waals surface area contributed by atoms with Gasteiger partial charge in [-0.15, -0.1) is 0 Å². The molecule has 1 aromatic heterocycles. The Balaban J connectivity index is 1.47. The average molecular weight is 381 g/mol. The molecule has 0 atom stereocenters. The first kappa shape index (κ1) is 18.6. The highest BCUT2D eigenvalue weighted by molar-refractivity contribution is 5.95. The maximum Gasteiger partial charge on any atom is 0.287 e. The first-order valence-electron chi connectivity index (χ1n) is 9.42. The summed E-state index contributed by atoms with van der Waals surface area (Å²) in [7, 11) is 1.64. The number of hydrogen-bond donors (Lipinski definition) is 0. The number of rotatable bonds is 6. The van der Waals surface area contributed by atoms with Crippen LogP contribution in [0.5, 0.6) is 5.75 Å². The van der Waals surface area contributed by atoms with Crippen molar-refractivity contribution in [3.63, 3.8) is 0 Å². The van der Waals surface area contributed by atoms with E-state index in [2.05, 4.69) is 17.1 Å². The maximum atomic E-state index is 12.6. The van der Waals surface area contributed by atoms with Crippen LogP contribution in [-0.2, 0) is 6.54 Å². The van der Waals surface area contributed by atoms with Crippen molar-refractivity contribution in [2.75, 3.05) is 7.11 Å². The third-order valence-corrected chi connectivity index (χ3v) is 4.79. The molecule has 0 spiro atoms. The van der Waals surface area contributed by atoms with Gasteiger partial charge in [0.15, 0.2) is 12.2 Å². The van der Waals surface area contributed by atoms with Crippen molar-refractivity contribution >= 4 is 5.78 Å². The van der Waals surface area contributed by atoms with Crippen molar-refractivity contribution in [3.05, 3.63) is 103 Å². The number of hydrogen-bond acceptors (Lipinski definition) is 3. The van der Waals surface area contributed by atoms with Crippen LogP contribution in [0.1, 0.15) is 10.4 Å². The molecular formula is C25H21N2O2+. The van der Waals surface area contributed by atoms with E-state index in [0.29, 0.717) is 5.56 Å². The van der Waals surface area contributed by atoms with Gasteiger partial charge in [-0.25, -0.2) is 4.57 Å². The molecule has 0 fully saturated rings. The minimum atomic E-state index is 0.0430. The molecule has 3 aromatic carbocycles. The Morgan fingerprint density at radius 1 is 0.862 bits per heavy atom. The van der Waals surface area contributed by atoms with E-state index in [4.69, 9.17) is 4.74 Å². The maximum absolute atomic E-state index is 12.6. The molecule has 0 unspecified atom stereocenters. The molecule has 1 heterocycles. The molecule has 0 aliphatic heterocycles. The molecule has 0 amide bonds. The van der Waals surface area contributed by atoms with Gasteiger partial charge < -0.3 is 4.74 Å². The zero-order valence-corrected chi connectivity index (χ0v) is 16.2. The number of ether oxygens (including phenoxy) is 1. The van der Waals surface area contributed by atoms with E-state index < -0.39 is 0 Å². The second-order valence-electron chi connectivity index (χ2n) is 6.68. The smallest absolute Gasteiger partial charge is 0.287 e. The zero-order chi connectivity index (χ0) is 20.1. The standard InChI is InChI=1S/C25H21N2O2/c1-29-25-10-6-5-9-22(25)23-15-16-27(18-26-23)17-24(28)21-13-11-20(12-14-21)19-7-3-2-4-8-19/h2-16,18H,17H2,1H3/q+1. The Labute approximate surface area is 170 Å². The second kappa shape index (κ2) is 8.48. The number of para-hydroxylation sites is 1. The molecule has 4 rings (SSSR count). The molecule has 0 aliphatic rings. The van der Waals surface area contributed by atoms with E-state index in [-0.39, 0.29) is 12.3 Å². The molecule has 142 valence electrons. The van der Waals surface area contributed by atoms with Crippen LogP contribution >= 0.6 is 0 Å². The fourth-order valence-electron chi connectivity index (χ4n) is 3.23. The Bertz CT molecular complexity index is 1110. The lowest BCUT2D eigenvalue weighted by Crippen LogP contribution is -2.37. The van der Waals surface area contributed by atoms with Gasteiger partial charge in [-0.1, -0.05) is 66.7 Å². The van der Waals surface area contributed by atoms with Crippen LogP contribution in [0.15, 0.2) is 97.5 Å². The van der Waals surface area contributed by atoms with Gasteiger partial charge in [-0.2, -0.15) is 0 Å². The van der Waals surface area contributed by atoms with E-state index in [9.17, 15) is 4.79 Å². The highest BCUT2D eigenvalue weighted by Crippen LogP contribution is 2.27. The molecule has 0 radical (unpaired) electrons. The van der Waals surface area contributed by atoms with Crippen molar-refractivity contribution < 1.29 is 14.1 Å². The molecular weight excluding hydrogens is 360 g/mol. The first-order chi connectivity index (χ1) is 14.2. The number of carbonyl (C=O) groups is 1. The lowest BCUT2D eigenvalue weighted by atomic mass is 10.0. The van der Waals surface area contributed by atoms with Crippen molar-refractivity contribution in [1.29, 1.82) is 0 Å². The molecule has 0 saturated carbocycles. The molecule has 4 nitrogen and oxygen atoms in total. The van der Waals surface area contributed by atoms with Gasteiger partial charge in [0.05, 0.1) is 18.9 Å². The van der Waals surface area contributed by atoms with Crippen LogP contribution in [-0.4, -0.2) is 17.9 Å². The fourth-order valence-corrected chi connectivity index (χ4v) is 3.23. The minimum Gasteiger partial charge on any atom is -0.496 e. The molecule has 0 bridgehead atoms. The Kier molecular flexibility index (Phi) is 5.43. The lowest BCUT2D eigenvalue weighted by Gasteiger charge is -2.05. The van der Waals surface area contributed by atoms with E-state index in [1.54, 1.807) is 18.0 Å². The molecule has 4 aromatic rings. The number of ketones is 1. The monoisotopic (exact) mass is 381 g/mol. The SMILES string of the molecule is COc1ccccc1-c1cc[n+](CC(=O)c2ccc(-c3ccccc3)cc2)cn1. The topological polar surface area (TPSA) is 43.1 Å². The summed E-state index contributed by atoms with van der Waals surface area (Å²) < 4.78 is 7.18. The van der Waals surface area contributed by atoms with Crippen molar-refractivity contribution in [3.8, 4) is 28.1 Å². The van der Waals surface area contributed by atoms with E-state index in [1.165, 1.54) is 0 Å². The Hall–Kier alpha value is -3.79. The highest BCUT2D eigenvalue weighted by atomic mass is 16.5. The van der Waals surface area contributed by atoms with Gasteiger partial charge in [-0.05, 0) is 28.2 Å². The zero-order valence-electron chi connectivity index (χ0n) is 16.2. The predicted molar refractivity (Wildman–Crippen MR) is 113 cm³/mol. The Morgan fingerprint density at radius 3 is 2.24 bits per heavy atom. The van der Waals surface area contributed by atoms with Crippen LogP contribution in [0.2, 0.25) is 0 Å². The van der Waals surface area contributed by atoms with E-state index in [0.717, 1.165) is 28.1 Å². The van der Waals surface area contributed by atoms with Crippen molar-refractivity contribution in [2.45, 2.75) is 6.54 Å². The number of benzene rings is 3. The summed E-state index contributed by atoms with van der Waals surface area (Å²) >= 11 is 0. The van der Waals surface area contributed by atoms with Crippen LogP contribution in [0, 0.1) is 0 Å². The molecule has 0 saturated heterocycles. The summed E-state index contributed by atoms with van der Waals surface area (Å²) in [5.41, 5.74) is 4.64. The number of methoxy groups -OCH3 is 1. The number of nitrogens with zero attached hydrogens (tertiary/aromatic N) is 2. The molecule has 4 heteroatoms. The summed E-state index contributed by atoms with van der Waals surface area (Å²) in [4.78, 5) is 17.1. The third kappa shape index (κ3) is 4.22. The average Bonchev–Trinajstić information content (AvgIpc) is 2.80. The van der Waals surface area contributed by atoms with E-state index >= 15 is 0 Å². The number of Topliss-reactive ketones (excluding diaryl/α,β-unsaturated/α-hetero) is 1. The summed E-state index contributed by atoms with van der Waals surface area (Å²) in [6, 6.07) is 27.5. The summed E-state index contributed by atoms with van der Waals surface area (Å²) in [5, 5.41) is 0. The van der Waals surface area contributed by atoms with Crippen LogP contribution < -0.4 is 9.30 Å². The van der Waals surface area contributed by atoms with Crippen LogP contribution in [0.3, 0.4) is 0 Å². The molecule has 29 heavy (non-hydrogen) atoms. The van der Waals surface area contributed by atoms with Gasteiger partial charge >= 0.3 is 0 Å². The molecule has 0 aliphatic carbocycles. The van der Waals surface area contributed by atoms with Crippen molar-refractivity contribution in [2.24, 2.45) is 0 Å². The largest absolute Gasteiger partial charge is 0.496 e. The highest BCUT2D eigenvalue weighted by Gasteiger charge is 2.14. The number of carbonyl (C=O) groups excluding carboxylic acids is 1. The minimum absolute atomic E-state index is 0.0430. The summed E-state index contributed by atoms with van der Waals surface area (Å²) in [5.74, 6) is 0.814. The van der Waals surface area contributed by atoms with Gasteiger partial charge in [0.2, 0.25) is 5.78 Å². The fraction of sp³-hybridized carbons (Fsp3) is 0.0800. The van der Waals surface area contributed by atoms with Crippen LogP contribution in [0.4, 0.5) is 0 Å². The van der Waals surface area contributed by atoms with Gasteiger partial charge in [0.25, 0.3) is 6.33 Å². The molecule has 0 N–H and O–H groups in total. The van der Waals surface area contributed by atoms with Gasteiger partial charge in [0, 0.05) is 11.6 Å². The van der Waals surface area contributed by atoms with Crippen molar-refractivity contribution in [1.82, 2.24) is 4.98 Å². The first-order valence-corrected chi connectivity index (χ1v) is 9.42. The number of aromatic nitrogens is 2. The normalized spacial score (nSPS) is 10.5. The quantitative estimate of drug-likeness (QED) is 0.362. The van der Waals surface area contributed by atoms with Crippen LogP contribution in [0.25, 0.3) is 22.4 Å². The summed E-state index contributed by atoms with van der Waals surface area (Å²) in [6.45, 7) is 0.240. The van der Waals surface area contributed by atoms with Gasteiger partial charge in [-0.3, -0.25) is 4.79 Å². The predicted octanol–water partition coefficient (Wildman–Crippen LogP) is 4.59.